The van der Waals surface area contributed by atoms with E-state index in [0.29, 0.717) is 12.1 Å². The van der Waals surface area contributed by atoms with Crippen LogP contribution in [0.25, 0.3) is 10.9 Å². The van der Waals surface area contributed by atoms with Crippen LogP contribution in [-0.2, 0) is 27.1 Å². The van der Waals surface area contributed by atoms with Crippen LogP contribution in [0.1, 0.15) is 53.7 Å². The number of aryl methyl sites for hydroxylation is 1. The van der Waals surface area contributed by atoms with Crippen molar-refractivity contribution in [2.75, 3.05) is 19.8 Å². The number of ether oxygens (including phenoxy) is 2. The fourth-order valence-electron chi connectivity index (χ4n) is 4.07. The number of benzene rings is 1. The zero-order chi connectivity index (χ0) is 19.3. The smallest absolute Gasteiger partial charge is 0.339 e. The maximum atomic E-state index is 13.0. The van der Waals surface area contributed by atoms with E-state index in [1.54, 1.807) is 0 Å². The topological polar surface area (TPSA) is 77.5 Å². The second-order valence-corrected chi connectivity index (χ2v) is 7.51. The minimum atomic E-state index is -0.441. The first-order valence-electron chi connectivity index (χ1n) is 10.2. The zero-order valence-corrected chi connectivity index (χ0v) is 16.0. The normalized spacial score (nSPS) is 19.1. The number of rotatable bonds is 5. The summed E-state index contributed by atoms with van der Waals surface area (Å²) in [5.74, 6) is -0.739. The Kier molecular flexibility index (Phi) is 5.86. The molecule has 1 aromatic heterocycles. The number of para-hydroxylation sites is 1. The van der Waals surface area contributed by atoms with Gasteiger partial charge in [-0.15, -0.1) is 0 Å². The molecule has 0 bridgehead atoms. The Morgan fingerprint density at radius 1 is 1.14 bits per heavy atom. The number of nitrogens with zero attached hydrogens (tertiary/aromatic N) is 1. The van der Waals surface area contributed by atoms with Crippen molar-refractivity contribution in [2.24, 2.45) is 0 Å². The number of carbonyl (C=O) groups excluding carboxylic acids is 2. The van der Waals surface area contributed by atoms with E-state index in [9.17, 15) is 9.59 Å². The molecule has 1 aromatic carbocycles. The first-order chi connectivity index (χ1) is 13.7. The maximum absolute atomic E-state index is 13.0. The van der Waals surface area contributed by atoms with Crippen LogP contribution in [0.3, 0.4) is 0 Å². The predicted molar refractivity (Wildman–Crippen MR) is 105 cm³/mol. The average molecular weight is 382 g/mol. The lowest BCUT2D eigenvalue weighted by atomic mass is 9.97. The maximum Gasteiger partial charge on any atom is 0.339 e. The van der Waals surface area contributed by atoms with E-state index < -0.39 is 5.97 Å². The van der Waals surface area contributed by atoms with Gasteiger partial charge in [-0.3, -0.25) is 9.78 Å². The van der Waals surface area contributed by atoms with E-state index in [0.717, 1.165) is 73.7 Å². The van der Waals surface area contributed by atoms with Crippen LogP contribution in [0.4, 0.5) is 0 Å². The molecule has 0 saturated carbocycles. The van der Waals surface area contributed by atoms with Crippen molar-refractivity contribution in [3.05, 3.63) is 41.1 Å². The quantitative estimate of drug-likeness (QED) is 0.635. The Labute approximate surface area is 164 Å². The Bertz CT molecular complexity index is 874. The van der Waals surface area contributed by atoms with Crippen LogP contribution >= 0.6 is 0 Å². The highest BCUT2D eigenvalue weighted by Crippen LogP contribution is 2.29. The van der Waals surface area contributed by atoms with E-state index in [1.165, 1.54) is 0 Å². The summed E-state index contributed by atoms with van der Waals surface area (Å²) in [6.45, 7) is 0.927. The van der Waals surface area contributed by atoms with Gasteiger partial charge in [-0.25, -0.2) is 4.79 Å². The van der Waals surface area contributed by atoms with Crippen LogP contribution in [0.15, 0.2) is 24.3 Å². The summed E-state index contributed by atoms with van der Waals surface area (Å²) in [5.41, 5.74) is 3.36. The van der Waals surface area contributed by atoms with E-state index in [1.807, 2.05) is 24.3 Å². The number of hydrogen-bond donors (Lipinski definition) is 1. The molecule has 2 aromatic rings. The molecule has 1 fully saturated rings. The molecule has 0 spiro atoms. The summed E-state index contributed by atoms with van der Waals surface area (Å²) < 4.78 is 10.9. The highest BCUT2D eigenvalue weighted by molar-refractivity contribution is 6.05. The number of carbonyl (C=O) groups is 2. The molecule has 1 N–H and O–H groups in total. The fourth-order valence-corrected chi connectivity index (χ4v) is 4.07. The number of hydrogen-bond acceptors (Lipinski definition) is 5. The molecule has 2 heterocycles. The van der Waals surface area contributed by atoms with Crippen molar-refractivity contribution in [1.82, 2.24) is 10.3 Å². The molecule has 1 aliphatic carbocycles. The molecule has 28 heavy (non-hydrogen) atoms. The fraction of sp³-hybridized carbons (Fsp3) is 0.500. The van der Waals surface area contributed by atoms with Gasteiger partial charge in [-0.2, -0.15) is 0 Å². The van der Waals surface area contributed by atoms with Gasteiger partial charge < -0.3 is 14.8 Å². The molecule has 1 saturated heterocycles. The van der Waals surface area contributed by atoms with Gasteiger partial charge in [0, 0.05) is 24.2 Å². The standard InChI is InChI=1S/C22H26N2O4/c25-20(23-13-15-7-6-12-27-15)14-28-22(26)21-16-8-2-1-3-10-18(16)24-19-11-5-4-9-17(19)21/h4-5,9,11,15H,1-3,6-8,10,12-14H2,(H,23,25)/t15-/m1/s1. The van der Waals surface area contributed by atoms with Gasteiger partial charge in [-0.05, 0) is 50.2 Å². The summed E-state index contributed by atoms with van der Waals surface area (Å²) in [6.07, 6.45) is 7.00. The van der Waals surface area contributed by atoms with E-state index in [2.05, 4.69) is 5.32 Å². The van der Waals surface area contributed by atoms with Crippen molar-refractivity contribution in [2.45, 2.75) is 51.0 Å². The summed E-state index contributed by atoms with van der Waals surface area (Å²) >= 11 is 0. The second-order valence-electron chi connectivity index (χ2n) is 7.51. The van der Waals surface area contributed by atoms with Crippen molar-refractivity contribution < 1.29 is 19.1 Å². The lowest BCUT2D eigenvalue weighted by Crippen LogP contribution is -2.35. The highest BCUT2D eigenvalue weighted by atomic mass is 16.5. The van der Waals surface area contributed by atoms with E-state index in [4.69, 9.17) is 14.5 Å². The molecule has 1 aliphatic heterocycles. The van der Waals surface area contributed by atoms with Crippen molar-refractivity contribution >= 4 is 22.8 Å². The third-order valence-corrected chi connectivity index (χ3v) is 5.51. The van der Waals surface area contributed by atoms with Crippen LogP contribution in [0, 0.1) is 0 Å². The summed E-state index contributed by atoms with van der Waals surface area (Å²) in [5, 5.41) is 3.59. The molecular weight excluding hydrogens is 356 g/mol. The number of amides is 1. The van der Waals surface area contributed by atoms with Crippen LogP contribution < -0.4 is 5.32 Å². The minimum Gasteiger partial charge on any atom is -0.452 e. The highest BCUT2D eigenvalue weighted by Gasteiger charge is 2.23. The summed E-state index contributed by atoms with van der Waals surface area (Å²) in [4.78, 5) is 29.8. The third-order valence-electron chi connectivity index (χ3n) is 5.51. The molecule has 0 unspecified atom stereocenters. The molecule has 4 rings (SSSR count). The number of fused-ring (bicyclic) bond motifs is 2. The minimum absolute atomic E-state index is 0.0690. The summed E-state index contributed by atoms with van der Waals surface area (Å²) in [6, 6.07) is 7.65. The first-order valence-corrected chi connectivity index (χ1v) is 10.2. The van der Waals surface area contributed by atoms with Crippen LogP contribution in [-0.4, -0.2) is 42.7 Å². The van der Waals surface area contributed by atoms with Gasteiger partial charge in [0.25, 0.3) is 5.91 Å². The predicted octanol–water partition coefficient (Wildman–Crippen LogP) is 2.96. The summed E-state index contributed by atoms with van der Waals surface area (Å²) in [7, 11) is 0. The van der Waals surface area contributed by atoms with E-state index >= 15 is 0 Å². The monoisotopic (exact) mass is 382 g/mol. The van der Waals surface area contributed by atoms with Crippen molar-refractivity contribution in [1.29, 1.82) is 0 Å². The van der Waals surface area contributed by atoms with Gasteiger partial charge in [0.05, 0.1) is 17.2 Å². The Balaban J connectivity index is 1.50. The van der Waals surface area contributed by atoms with Crippen molar-refractivity contribution in [3.63, 3.8) is 0 Å². The largest absolute Gasteiger partial charge is 0.452 e. The third kappa shape index (κ3) is 4.17. The van der Waals surface area contributed by atoms with Crippen LogP contribution in [0.2, 0.25) is 0 Å². The Morgan fingerprint density at radius 2 is 2.00 bits per heavy atom. The lowest BCUT2D eigenvalue weighted by Gasteiger charge is -2.15. The average Bonchev–Trinajstić information content (AvgIpc) is 3.13. The van der Waals surface area contributed by atoms with Crippen molar-refractivity contribution in [3.8, 4) is 0 Å². The number of nitrogens with one attached hydrogen (secondary N) is 1. The molecular formula is C22H26N2O4. The van der Waals surface area contributed by atoms with Gasteiger partial charge >= 0.3 is 5.97 Å². The molecule has 6 heteroatoms. The number of esters is 1. The second kappa shape index (κ2) is 8.69. The molecule has 1 atom stereocenters. The van der Waals surface area contributed by atoms with Gasteiger partial charge in [0.15, 0.2) is 6.61 Å². The molecule has 1 amide bonds. The molecule has 148 valence electrons. The lowest BCUT2D eigenvalue weighted by molar-refractivity contribution is -0.124. The SMILES string of the molecule is O=C(COC(=O)c1c2c(nc3ccccc13)CCCCC2)NC[C@H]1CCCO1. The molecule has 6 nitrogen and oxygen atoms in total. The molecule has 0 radical (unpaired) electrons. The van der Waals surface area contributed by atoms with Gasteiger partial charge in [0.1, 0.15) is 0 Å². The zero-order valence-electron chi connectivity index (χ0n) is 16.0. The number of aromatic nitrogens is 1. The first kappa shape index (κ1) is 18.9. The Morgan fingerprint density at radius 3 is 2.86 bits per heavy atom. The van der Waals surface area contributed by atoms with Gasteiger partial charge in [-0.1, -0.05) is 24.6 Å². The van der Waals surface area contributed by atoms with E-state index in [-0.39, 0.29) is 18.6 Å². The number of pyridine rings is 1. The van der Waals surface area contributed by atoms with Crippen LogP contribution in [0.5, 0.6) is 0 Å². The Hall–Kier alpha value is -2.47. The molecule has 2 aliphatic rings. The van der Waals surface area contributed by atoms with Gasteiger partial charge in [0.2, 0.25) is 0 Å².